The zero-order valence-electron chi connectivity index (χ0n) is 11.8. The maximum Gasteiger partial charge on any atom is 0.514 e. The Morgan fingerprint density at radius 3 is 2.65 bits per heavy atom. The summed E-state index contributed by atoms with van der Waals surface area (Å²) in [5, 5.41) is 11.4. The summed E-state index contributed by atoms with van der Waals surface area (Å²) in [5.74, 6) is 0.172. The number of ether oxygens (including phenoxy) is 2. The molecular weight excluding hydrogens is 302 g/mol. The van der Waals surface area contributed by atoms with Crippen LogP contribution in [0.1, 0.15) is 5.56 Å². The molecule has 0 spiro atoms. The smallest absolute Gasteiger partial charge is 0.464 e. The number of hydrogen-bond acceptors (Lipinski definition) is 6. The number of carbonyl (C=O) groups is 1. The van der Waals surface area contributed by atoms with Gasteiger partial charge in [-0.3, -0.25) is 10.1 Å². The molecule has 0 aliphatic rings. The first kappa shape index (κ1) is 14.6. The number of non-ortho nitro benzene ring substituents is 1. The van der Waals surface area contributed by atoms with E-state index in [1.807, 2.05) is 12.1 Å². The van der Waals surface area contributed by atoms with Crippen molar-refractivity contribution in [2.75, 3.05) is 0 Å². The molecule has 0 bridgehead atoms. The van der Waals surface area contributed by atoms with Gasteiger partial charge in [-0.2, -0.15) is 0 Å². The van der Waals surface area contributed by atoms with Crippen LogP contribution in [0.15, 0.2) is 59.2 Å². The molecule has 0 N–H and O–H groups in total. The van der Waals surface area contributed by atoms with Crippen LogP contribution in [0, 0.1) is 10.1 Å². The molecule has 2 aromatic carbocycles. The van der Waals surface area contributed by atoms with Crippen LogP contribution in [-0.4, -0.2) is 11.1 Å². The highest BCUT2D eigenvalue weighted by Crippen LogP contribution is 2.19. The lowest BCUT2D eigenvalue weighted by Crippen LogP contribution is -2.10. The van der Waals surface area contributed by atoms with E-state index >= 15 is 0 Å². The Kier molecular flexibility index (Phi) is 3.92. The molecule has 3 rings (SSSR count). The molecule has 116 valence electrons. The van der Waals surface area contributed by atoms with Gasteiger partial charge in [0.1, 0.15) is 17.9 Å². The van der Waals surface area contributed by atoms with Crippen LogP contribution in [0.3, 0.4) is 0 Å². The van der Waals surface area contributed by atoms with Crippen molar-refractivity contribution in [1.82, 2.24) is 0 Å². The van der Waals surface area contributed by atoms with Crippen LogP contribution in [0.2, 0.25) is 0 Å². The minimum absolute atomic E-state index is 0.0485. The van der Waals surface area contributed by atoms with Crippen LogP contribution < -0.4 is 4.74 Å². The summed E-state index contributed by atoms with van der Waals surface area (Å²) in [6.45, 7) is 0.0485. The third kappa shape index (κ3) is 3.46. The monoisotopic (exact) mass is 313 g/mol. The van der Waals surface area contributed by atoms with Gasteiger partial charge in [0.05, 0.1) is 11.2 Å². The van der Waals surface area contributed by atoms with E-state index in [1.54, 1.807) is 18.4 Å². The first-order chi connectivity index (χ1) is 11.1. The maximum absolute atomic E-state index is 11.6. The van der Waals surface area contributed by atoms with E-state index < -0.39 is 11.1 Å². The SMILES string of the molecule is O=C(OCc1ccc2occc2c1)Oc1ccc([N+](=O)[O-])cc1. The molecule has 0 aliphatic heterocycles. The van der Waals surface area contributed by atoms with Crippen LogP contribution in [0.25, 0.3) is 11.0 Å². The topological polar surface area (TPSA) is 91.8 Å². The second kappa shape index (κ2) is 6.18. The lowest BCUT2D eigenvalue weighted by Gasteiger charge is -2.06. The zero-order valence-corrected chi connectivity index (χ0v) is 11.8. The number of nitro benzene ring substituents is 1. The lowest BCUT2D eigenvalue weighted by molar-refractivity contribution is -0.384. The molecule has 0 saturated carbocycles. The number of fused-ring (bicyclic) bond motifs is 1. The van der Waals surface area contributed by atoms with Crippen molar-refractivity contribution < 1.29 is 23.6 Å². The van der Waals surface area contributed by atoms with Crippen molar-refractivity contribution in [3.8, 4) is 5.75 Å². The van der Waals surface area contributed by atoms with Gasteiger partial charge in [-0.15, -0.1) is 0 Å². The Balaban J connectivity index is 1.57. The quantitative estimate of drug-likeness (QED) is 0.312. The van der Waals surface area contributed by atoms with Crippen molar-refractivity contribution >= 4 is 22.8 Å². The molecule has 0 saturated heterocycles. The second-order valence-electron chi connectivity index (χ2n) is 4.68. The third-order valence-corrected chi connectivity index (χ3v) is 3.12. The molecule has 1 aromatic heterocycles. The predicted octanol–water partition coefficient (Wildman–Crippen LogP) is 4.06. The highest BCUT2D eigenvalue weighted by molar-refractivity contribution is 5.77. The summed E-state index contributed by atoms with van der Waals surface area (Å²) in [7, 11) is 0. The fourth-order valence-electron chi connectivity index (χ4n) is 2.01. The van der Waals surface area contributed by atoms with Gasteiger partial charge in [0.2, 0.25) is 0 Å². The first-order valence-electron chi connectivity index (χ1n) is 6.67. The van der Waals surface area contributed by atoms with Crippen LogP contribution in [-0.2, 0) is 11.3 Å². The first-order valence-corrected chi connectivity index (χ1v) is 6.67. The van der Waals surface area contributed by atoms with E-state index in [4.69, 9.17) is 13.9 Å². The molecule has 7 nitrogen and oxygen atoms in total. The Bertz CT molecular complexity index is 852. The van der Waals surface area contributed by atoms with Gasteiger partial charge in [-0.1, -0.05) is 6.07 Å². The third-order valence-electron chi connectivity index (χ3n) is 3.12. The molecular formula is C16H11NO6. The van der Waals surface area contributed by atoms with Crippen molar-refractivity contribution in [3.63, 3.8) is 0 Å². The summed E-state index contributed by atoms with van der Waals surface area (Å²) < 4.78 is 15.2. The highest BCUT2D eigenvalue weighted by Gasteiger charge is 2.10. The number of nitrogens with zero attached hydrogens (tertiary/aromatic N) is 1. The predicted molar refractivity (Wildman–Crippen MR) is 80.1 cm³/mol. The van der Waals surface area contributed by atoms with E-state index in [2.05, 4.69) is 0 Å². The summed E-state index contributed by atoms with van der Waals surface area (Å²) >= 11 is 0. The van der Waals surface area contributed by atoms with Gasteiger partial charge in [0.15, 0.2) is 0 Å². The average Bonchev–Trinajstić information content (AvgIpc) is 3.01. The molecule has 0 fully saturated rings. The van der Waals surface area contributed by atoms with E-state index in [-0.39, 0.29) is 18.0 Å². The molecule has 0 atom stereocenters. The fraction of sp³-hybridized carbons (Fsp3) is 0.0625. The molecule has 23 heavy (non-hydrogen) atoms. The zero-order chi connectivity index (χ0) is 16.2. The summed E-state index contributed by atoms with van der Waals surface area (Å²) in [5.41, 5.74) is 1.46. The number of nitro groups is 1. The number of hydrogen-bond donors (Lipinski definition) is 0. The van der Waals surface area contributed by atoms with Crippen molar-refractivity contribution in [2.24, 2.45) is 0 Å². The van der Waals surface area contributed by atoms with Crippen molar-refractivity contribution in [3.05, 3.63) is 70.5 Å². The minimum Gasteiger partial charge on any atom is -0.464 e. The Morgan fingerprint density at radius 1 is 1.13 bits per heavy atom. The number of rotatable bonds is 4. The van der Waals surface area contributed by atoms with Crippen molar-refractivity contribution in [2.45, 2.75) is 6.61 Å². The van der Waals surface area contributed by atoms with Gasteiger partial charge in [0.25, 0.3) is 5.69 Å². The van der Waals surface area contributed by atoms with E-state index in [0.717, 1.165) is 16.5 Å². The average molecular weight is 313 g/mol. The Hall–Kier alpha value is -3.35. The molecule has 0 aliphatic carbocycles. The van der Waals surface area contributed by atoms with Gasteiger partial charge in [-0.25, -0.2) is 4.79 Å². The number of carbonyl (C=O) groups excluding carboxylic acids is 1. The molecule has 7 heteroatoms. The Morgan fingerprint density at radius 2 is 1.91 bits per heavy atom. The van der Waals surface area contributed by atoms with Gasteiger partial charge < -0.3 is 13.9 Å². The molecule has 1 heterocycles. The molecule has 0 radical (unpaired) electrons. The van der Waals surface area contributed by atoms with E-state index in [1.165, 1.54) is 24.3 Å². The van der Waals surface area contributed by atoms with Crippen LogP contribution in [0.4, 0.5) is 10.5 Å². The standard InChI is InChI=1S/C16H11NO6/c18-16(23-14-4-2-13(3-5-14)17(19)20)22-10-11-1-6-15-12(9-11)7-8-21-15/h1-9H,10H2. The summed E-state index contributed by atoms with van der Waals surface area (Å²) in [6.07, 6.45) is 0.698. The fourth-order valence-corrected chi connectivity index (χ4v) is 2.01. The largest absolute Gasteiger partial charge is 0.514 e. The van der Waals surface area contributed by atoms with Crippen LogP contribution >= 0.6 is 0 Å². The number of benzene rings is 2. The Labute approximate surface area is 130 Å². The number of furan rings is 1. The minimum atomic E-state index is -0.883. The van der Waals surface area contributed by atoms with Crippen molar-refractivity contribution in [1.29, 1.82) is 0 Å². The van der Waals surface area contributed by atoms with Gasteiger partial charge in [-0.05, 0) is 35.9 Å². The van der Waals surface area contributed by atoms with Crippen LogP contribution in [0.5, 0.6) is 5.75 Å². The summed E-state index contributed by atoms with van der Waals surface area (Å²) in [4.78, 5) is 21.6. The van der Waals surface area contributed by atoms with Gasteiger partial charge >= 0.3 is 6.16 Å². The second-order valence-corrected chi connectivity index (χ2v) is 4.68. The lowest BCUT2D eigenvalue weighted by atomic mass is 10.2. The molecule has 0 amide bonds. The summed E-state index contributed by atoms with van der Waals surface area (Å²) in [6, 6.07) is 12.4. The normalized spacial score (nSPS) is 10.4. The molecule has 3 aromatic rings. The molecule has 0 unspecified atom stereocenters. The van der Waals surface area contributed by atoms with E-state index in [9.17, 15) is 14.9 Å². The van der Waals surface area contributed by atoms with Gasteiger partial charge in [0, 0.05) is 17.5 Å². The van der Waals surface area contributed by atoms with E-state index in [0.29, 0.717) is 0 Å². The maximum atomic E-state index is 11.6. The highest BCUT2D eigenvalue weighted by atomic mass is 16.7.